The second-order valence-corrected chi connectivity index (χ2v) is 6.09. The first kappa shape index (κ1) is 16.2. The summed E-state index contributed by atoms with van der Waals surface area (Å²) in [5, 5.41) is 7.11. The van der Waals surface area contributed by atoms with Gasteiger partial charge in [-0.05, 0) is 43.5 Å². The fraction of sp³-hybridized carbons (Fsp3) is 0.471. The molecule has 5 heteroatoms. The molecule has 0 spiro atoms. The molecule has 1 N–H and O–H groups in total. The highest BCUT2D eigenvalue weighted by Crippen LogP contribution is 2.10. The maximum Gasteiger partial charge on any atom is 0.251 e. The zero-order valence-corrected chi connectivity index (χ0v) is 13.5. The predicted molar refractivity (Wildman–Crippen MR) is 87.0 cm³/mol. The van der Waals surface area contributed by atoms with Crippen molar-refractivity contribution in [1.29, 1.82) is 0 Å². The van der Waals surface area contributed by atoms with Crippen LogP contribution >= 0.6 is 0 Å². The third-order valence-electron chi connectivity index (χ3n) is 3.61. The van der Waals surface area contributed by atoms with Gasteiger partial charge in [0.15, 0.2) is 0 Å². The van der Waals surface area contributed by atoms with Crippen molar-refractivity contribution in [2.75, 3.05) is 0 Å². The monoisotopic (exact) mass is 300 g/mol. The Balaban J connectivity index is 1.87. The molecule has 0 aliphatic heterocycles. The fourth-order valence-corrected chi connectivity index (χ4v) is 2.32. The van der Waals surface area contributed by atoms with Crippen molar-refractivity contribution in [3.8, 4) is 5.69 Å². The molecule has 1 aromatic carbocycles. The maximum absolute atomic E-state index is 12.2. The molecule has 22 heavy (non-hydrogen) atoms. The largest absolute Gasteiger partial charge is 0.350 e. The van der Waals surface area contributed by atoms with Crippen LogP contribution in [-0.2, 0) is 0 Å². The summed E-state index contributed by atoms with van der Waals surface area (Å²) < 4.78 is 1.66. The Kier molecular flexibility index (Phi) is 5.69. The van der Waals surface area contributed by atoms with E-state index >= 15 is 0 Å². The maximum atomic E-state index is 12.2. The van der Waals surface area contributed by atoms with Crippen LogP contribution in [0, 0.1) is 5.92 Å². The highest BCUT2D eigenvalue weighted by atomic mass is 16.1. The summed E-state index contributed by atoms with van der Waals surface area (Å²) in [5.74, 6) is 0.689. The van der Waals surface area contributed by atoms with E-state index in [-0.39, 0.29) is 11.9 Å². The van der Waals surface area contributed by atoms with E-state index in [4.69, 9.17) is 0 Å². The molecule has 1 unspecified atom stereocenters. The zero-order chi connectivity index (χ0) is 15.9. The lowest BCUT2D eigenvalue weighted by Crippen LogP contribution is -2.32. The average molecular weight is 300 g/mol. The van der Waals surface area contributed by atoms with Gasteiger partial charge in [0, 0.05) is 11.6 Å². The molecule has 0 bridgehead atoms. The highest BCUT2D eigenvalue weighted by Gasteiger charge is 2.10. The molecular weight excluding hydrogens is 276 g/mol. The lowest BCUT2D eigenvalue weighted by Gasteiger charge is -2.14. The van der Waals surface area contributed by atoms with Gasteiger partial charge in [-0.15, -0.1) is 0 Å². The third-order valence-corrected chi connectivity index (χ3v) is 3.61. The van der Waals surface area contributed by atoms with Gasteiger partial charge in [-0.1, -0.05) is 26.7 Å². The van der Waals surface area contributed by atoms with Crippen molar-refractivity contribution in [3.05, 3.63) is 42.5 Å². The molecule has 2 rings (SSSR count). The van der Waals surface area contributed by atoms with Gasteiger partial charge in [-0.2, -0.15) is 5.10 Å². The number of carbonyl (C=O) groups excluding carboxylic acids is 1. The van der Waals surface area contributed by atoms with Crippen LogP contribution < -0.4 is 5.32 Å². The van der Waals surface area contributed by atoms with Crippen LogP contribution in [0.3, 0.4) is 0 Å². The number of rotatable bonds is 7. The van der Waals surface area contributed by atoms with Crippen LogP contribution in [0.25, 0.3) is 5.69 Å². The zero-order valence-electron chi connectivity index (χ0n) is 13.5. The average Bonchev–Trinajstić information content (AvgIpc) is 3.01. The molecule has 0 fully saturated rings. The summed E-state index contributed by atoms with van der Waals surface area (Å²) in [6.45, 7) is 6.50. The molecule has 0 aliphatic rings. The quantitative estimate of drug-likeness (QED) is 0.854. The van der Waals surface area contributed by atoms with Crippen LogP contribution in [0.15, 0.2) is 36.9 Å². The van der Waals surface area contributed by atoms with E-state index < -0.39 is 0 Å². The van der Waals surface area contributed by atoms with Crippen molar-refractivity contribution in [2.24, 2.45) is 5.92 Å². The molecule has 0 saturated carbocycles. The first-order chi connectivity index (χ1) is 10.6. The van der Waals surface area contributed by atoms with Gasteiger partial charge in [0.25, 0.3) is 5.91 Å². The molecule has 0 radical (unpaired) electrons. The Bertz CT molecular complexity index is 575. The predicted octanol–water partition coefficient (Wildman–Crippen LogP) is 3.21. The third kappa shape index (κ3) is 4.69. The van der Waals surface area contributed by atoms with Gasteiger partial charge in [0.05, 0.1) is 5.69 Å². The Morgan fingerprint density at radius 1 is 1.18 bits per heavy atom. The normalized spacial score (nSPS) is 12.4. The molecule has 1 aromatic heterocycles. The number of aromatic nitrogens is 3. The topological polar surface area (TPSA) is 59.8 Å². The molecule has 1 amide bonds. The first-order valence-electron chi connectivity index (χ1n) is 7.82. The van der Waals surface area contributed by atoms with E-state index in [0.29, 0.717) is 11.5 Å². The molecule has 118 valence electrons. The van der Waals surface area contributed by atoms with Gasteiger partial charge in [0.1, 0.15) is 12.7 Å². The van der Waals surface area contributed by atoms with Gasteiger partial charge < -0.3 is 5.32 Å². The van der Waals surface area contributed by atoms with Crippen molar-refractivity contribution in [2.45, 2.75) is 46.1 Å². The van der Waals surface area contributed by atoms with Crippen LogP contribution in [0.5, 0.6) is 0 Å². The minimum atomic E-state index is -0.0258. The van der Waals surface area contributed by atoms with E-state index in [2.05, 4.69) is 36.2 Å². The molecular formula is C17H24N4O. The van der Waals surface area contributed by atoms with E-state index in [1.807, 2.05) is 24.3 Å². The number of nitrogens with one attached hydrogen (secondary N) is 1. The van der Waals surface area contributed by atoms with Gasteiger partial charge >= 0.3 is 0 Å². The van der Waals surface area contributed by atoms with Gasteiger partial charge in [-0.25, -0.2) is 9.67 Å². The summed E-state index contributed by atoms with van der Waals surface area (Å²) >= 11 is 0. The number of nitrogens with zero attached hydrogens (tertiary/aromatic N) is 3. The number of carbonyl (C=O) groups is 1. The van der Waals surface area contributed by atoms with Gasteiger partial charge in [-0.3, -0.25) is 4.79 Å². The van der Waals surface area contributed by atoms with E-state index in [9.17, 15) is 4.79 Å². The second-order valence-electron chi connectivity index (χ2n) is 6.09. The second kappa shape index (κ2) is 7.73. The summed E-state index contributed by atoms with van der Waals surface area (Å²) in [6.07, 6.45) is 6.48. The number of amides is 1. The SMILES string of the molecule is CC(C)CCCC(C)NC(=O)c1ccc(-n2cncn2)cc1. The Morgan fingerprint density at radius 3 is 2.50 bits per heavy atom. The summed E-state index contributed by atoms with van der Waals surface area (Å²) in [7, 11) is 0. The van der Waals surface area contributed by atoms with Gasteiger partial charge in [0.2, 0.25) is 0 Å². The standard InChI is InChI=1S/C17H24N4O/c1-13(2)5-4-6-14(3)20-17(22)15-7-9-16(10-8-15)21-12-18-11-19-21/h7-14H,4-6H2,1-3H3,(H,20,22). The minimum Gasteiger partial charge on any atom is -0.350 e. The first-order valence-corrected chi connectivity index (χ1v) is 7.82. The molecule has 5 nitrogen and oxygen atoms in total. The van der Waals surface area contributed by atoms with Crippen LogP contribution in [0.1, 0.15) is 50.4 Å². The fourth-order valence-electron chi connectivity index (χ4n) is 2.32. The molecule has 1 atom stereocenters. The summed E-state index contributed by atoms with van der Waals surface area (Å²) in [6, 6.07) is 7.56. The van der Waals surface area contributed by atoms with Crippen LogP contribution in [-0.4, -0.2) is 26.7 Å². The Labute approximate surface area is 131 Å². The van der Waals surface area contributed by atoms with Crippen molar-refractivity contribution in [3.63, 3.8) is 0 Å². The summed E-state index contributed by atoms with van der Waals surface area (Å²) in [4.78, 5) is 16.1. The number of benzene rings is 1. The smallest absolute Gasteiger partial charge is 0.251 e. The lowest BCUT2D eigenvalue weighted by atomic mass is 10.0. The summed E-state index contributed by atoms with van der Waals surface area (Å²) in [5.41, 5.74) is 1.55. The van der Waals surface area contributed by atoms with E-state index in [0.717, 1.165) is 18.5 Å². The molecule has 2 aromatic rings. The Hall–Kier alpha value is -2.17. The van der Waals surface area contributed by atoms with E-state index in [1.54, 1.807) is 11.0 Å². The number of hydrogen-bond acceptors (Lipinski definition) is 3. The number of hydrogen-bond donors (Lipinski definition) is 1. The lowest BCUT2D eigenvalue weighted by molar-refractivity contribution is 0.0938. The van der Waals surface area contributed by atoms with Crippen LogP contribution in [0.2, 0.25) is 0 Å². The Morgan fingerprint density at radius 2 is 1.91 bits per heavy atom. The van der Waals surface area contributed by atoms with E-state index in [1.165, 1.54) is 12.7 Å². The highest BCUT2D eigenvalue weighted by molar-refractivity contribution is 5.94. The minimum absolute atomic E-state index is 0.0258. The molecule has 0 aliphatic carbocycles. The van der Waals surface area contributed by atoms with Crippen molar-refractivity contribution in [1.82, 2.24) is 20.1 Å². The van der Waals surface area contributed by atoms with Crippen molar-refractivity contribution < 1.29 is 4.79 Å². The van der Waals surface area contributed by atoms with Crippen LogP contribution in [0.4, 0.5) is 0 Å². The van der Waals surface area contributed by atoms with Crippen molar-refractivity contribution >= 4 is 5.91 Å². The molecule has 1 heterocycles. The molecule has 0 saturated heterocycles.